The quantitative estimate of drug-likeness (QED) is 0.457. The third-order valence-electron chi connectivity index (χ3n) is 3.54. The van der Waals surface area contributed by atoms with Gasteiger partial charge in [-0.15, -0.1) is 0 Å². The maximum Gasteiger partial charge on any atom is 0.407 e. The molecule has 0 bridgehead atoms. The van der Waals surface area contributed by atoms with Crippen LogP contribution in [-0.2, 0) is 19.1 Å². The second-order valence-electron chi connectivity index (χ2n) is 5.97. The van der Waals surface area contributed by atoms with Crippen molar-refractivity contribution in [3.05, 3.63) is 0 Å². The van der Waals surface area contributed by atoms with E-state index in [9.17, 15) is 19.5 Å². The van der Waals surface area contributed by atoms with Crippen molar-refractivity contribution in [3.8, 4) is 0 Å². The molecule has 2 amide bonds. The Balaban J connectivity index is 4.18. The second-order valence-corrected chi connectivity index (χ2v) is 5.97. The number of nitrogens with zero attached hydrogens (tertiary/aromatic N) is 2. The van der Waals surface area contributed by atoms with Gasteiger partial charge in [0.05, 0.1) is 6.61 Å². The lowest BCUT2D eigenvalue weighted by atomic mass is 10.1. The van der Waals surface area contributed by atoms with Crippen LogP contribution in [0, 0.1) is 0 Å². The van der Waals surface area contributed by atoms with Crippen LogP contribution in [-0.4, -0.2) is 93.0 Å². The number of rotatable bonds is 13. The van der Waals surface area contributed by atoms with Gasteiger partial charge in [0.15, 0.2) is 0 Å². The molecule has 0 fully saturated rings. The molecule has 1 atom stereocenters. The molecule has 9 nitrogen and oxygen atoms in total. The maximum absolute atomic E-state index is 11.6. The number of amides is 2. The van der Waals surface area contributed by atoms with E-state index in [1.165, 1.54) is 14.0 Å². The number of carbonyl (C=O) groups excluding carboxylic acids is 2. The SMILES string of the molecule is COCCOC(=O)N[C@@H](CCCCN(CCN(C)C)C(C)=O)C(=O)O. The summed E-state index contributed by atoms with van der Waals surface area (Å²) in [6, 6.07) is -1.01. The minimum absolute atomic E-state index is 0.00326. The third-order valence-corrected chi connectivity index (χ3v) is 3.54. The predicted octanol–water partition coefficient (Wildman–Crippen LogP) is 0.393. The van der Waals surface area contributed by atoms with Crippen molar-refractivity contribution in [3.63, 3.8) is 0 Å². The van der Waals surface area contributed by atoms with Crippen LogP contribution in [0.5, 0.6) is 0 Å². The maximum atomic E-state index is 11.6. The van der Waals surface area contributed by atoms with Gasteiger partial charge in [0.2, 0.25) is 5.91 Å². The zero-order valence-electron chi connectivity index (χ0n) is 15.6. The Morgan fingerprint density at radius 2 is 1.76 bits per heavy atom. The number of carboxylic acid groups (broad SMARTS) is 1. The Morgan fingerprint density at radius 3 is 2.28 bits per heavy atom. The van der Waals surface area contributed by atoms with Crippen molar-refractivity contribution in [2.24, 2.45) is 0 Å². The van der Waals surface area contributed by atoms with Gasteiger partial charge in [0.25, 0.3) is 0 Å². The van der Waals surface area contributed by atoms with Crippen LogP contribution in [0.15, 0.2) is 0 Å². The summed E-state index contributed by atoms with van der Waals surface area (Å²) < 4.78 is 9.54. The number of aliphatic carboxylic acids is 1. The van der Waals surface area contributed by atoms with E-state index < -0.39 is 18.1 Å². The average Bonchev–Trinajstić information content (AvgIpc) is 2.52. The van der Waals surface area contributed by atoms with Gasteiger partial charge in [0, 0.05) is 33.7 Å². The highest BCUT2D eigenvalue weighted by Gasteiger charge is 2.20. The first-order valence-corrected chi connectivity index (χ1v) is 8.33. The summed E-state index contributed by atoms with van der Waals surface area (Å²) in [4.78, 5) is 38.0. The van der Waals surface area contributed by atoms with Gasteiger partial charge >= 0.3 is 12.1 Å². The van der Waals surface area contributed by atoms with E-state index in [1.54, 1.807) is 4.90 Å². The smallest absolute Gasteiger partial charge is 0.407 e. The molecule has 0 heterocycles. The van der Waals surface area contributed by atoms with E-state index in [4.69, 9.17) is 9.47 Å². The molecule has 0 aromatic heterocycles. The molecule has 25 heavy (non-hydrogen) atoms. The molecule has 0 radical (unpaired) electrons. The number of unbranched alkanes of at least 4 members (excludes halogenated alkanes) is 1. The number of ether oxygens (including phenoxy) is 2. The van der Waals surface area contributed by atoms with Crippen LogP contribution in [0.2, 0.25) is 0 Å². The van der Waals surface area contributed by atoms with Crippen LogP contribution < -0.4 is 5.32 Å². The molecule has 0 aromatic rings. The topological polar surface area (TPSA) is 108 Å². The second kappa shape index (κ2) is 13.4. The lowest BCUT2D eigenvalue weighted by Gasteiger charge is -2.23. The molecule has 9 heteroatoms. The summed E-state index contributed by atoms with van der Waals surface area (Å²) >= 11 is 0. The molecule has 0 aromatic carbocycles. The van der Waals surface area contributed by atoms with E-state index in [0.29, 0.717) is 25.9 Å². The minimum Gasteiger partial charge on any atom is -0.480 e. The summed E-state index contributed by atoms with van der Waals surface area (Å²) in [5.74, 6) is -1.11. The van der Waals surface area contributed by atoms with Crippen LogP contribution in [0.3, 0.4) is 0 Å². The molecular weight excluding hydrogens is 330 g/mol. The van der Waals surface area contributed by atoms with Gasteiger partial charge in [-0.25, -0.2) is 9.59 Å². The summed E-state index contributed by atoms with van der Waals surface area (Å²) in [6.45, 7) is 3.80. The molecule has 0 aliphatic heterocycles. The molecular formula is C16H31N3O6. The molecule has 0 aliphatic carbocycles. The first kappa shape index (κ1) is 23.1. The summed E-state index contributed by atoms with van der Waals surface area (Å²) in [6.07, 6.45) is 0.729. The van der Waals surface area contributed by atoms with E-state index in [1.807, 2.05) is 19.0 Å². The van der Waals surface area contributed by atoms with Gasteiger partial charge in [0.1, 0.15) is 12.6 Å². The summed E-state index contributed by atoms with van der Waals surface area (Å²) in [5.41, 5.74) is 0. The number of hydrogen-bond donors (Lipinski definition) is 2. The van der Waals surface area contributed by atoms with E-state index in [-0.39, 0.29) is 25.5 Å². The minimum atomic E-state index is -1.11. The van der Waals surface area contributed by atoms with Crippen molar-refractivity contribution < 1.29 is 29.0 Å². The average molecular weight is 361 g/mol. The predicted molar refractivity (Wildman–Crippen MR) is 92.4 cm³/mol. The Bertz CT molecular complexity index is 417. The highest BCUT2D eigenvalue weighted by Crippen LogP contribution is 2.04. The number of nitrogens with one attached hydrogen (secondary N) is 1. The number of alkyl carbamates (subject to hydrolysis) is 1. The van der Waals surface area contributed by atoms with E-state index in [0.717, 1.165) is 6.54 Å². The molecule has 0 unspecified atom stereocenters. The lowest BCUT2D eigenvalue weighted by Crippen LogP contribution is -2.41. The number of carboxylic acids is 1. The van der Waals surface area contributed by atoms with Crippen LogP contribution in [0.25, 0.3) is 0 Å². The van der Waals surface area contributed by atoms with Crippen molar-refractivity contribution in [2.45, 2.75) is 32.2 Å². The number of methoxy groups -OCH3 is 1. The first-order valence-electron chi connectivity index (χ1n) is 8.33. The van der Waals surface area contributed by atoms with Crippen molar-refractivity contribution >= 4 is 18.0 Å². The van der Waals surface area contributed by atoms with Crippen LogP contribution in [0.1, 0.15) is 26.2 Å². The normalized spacial score (nSPS) is 11.9. The highest BCUT2D eigenvalue weighted by molar-refractivity contribution is 5.79. The lowest BCUT2D eigenvalue weighted by molar-refractivity contribution is -0.139. The largest absolute Gasteiger partial charge is 0.480 e. The molecule has 0 aliphatic rings. The fraction of sp³-hybridized carbons (Fsp3) is 0.812. The van der Waals surface area contributed by atoms with Gasteiger partial charge in [-0.05, 0) is 33.4 Å². The van der Waals surface area contributed by atoms with Crippen molar-refractivity contribution in [1.29, 1.82) is 0 Å². The molecule has 0 rings (SSSR count). The fourth-order valence-electron chi connectivity index (χ4n) is 2.06. The number of carbonyl (C=O) groups is 3. The fourth-order valence-corrected chi connectivity index (χ4v) is 2.06. The molecule has 0 saturated carbocycles. The highest BCUT2D eigenvalue weighted by atomic mass is 16.6. The van der Waals surface area contributed by atoms with Gasteiger partial charge in [-0.1, -0.05) is 0 Å². The zero-order chi connectivity index (χ0) is 19.2. The van der Waals surface area contributed by atoms with E-state index in [2.05, 4.69) is 5.32 Å². The molecule has 146 valence electrons. The molecule has 0 saturated heterocycles. The Hall–Kier alpha value is -1.87. The summed E-state index contributed by atoms with van der Waals surface area (Å²) in [7, 11) is 5.35. The Morgan fingerprint density at radius 1 is 1.08 bits per heavy atom. The molecule has 0 spiro atoms. The van der Waals surface area contributed by atoms with E-state index >= 15 is 0 Å². The van der Waals surface area contributed by atoms with Gasteiger partial charge in [-0.2, -0.15) is 0 Å². The number of hydrogen-bond acceptors (Lipinski definition) is 6. The number of likely N-dealkylation sites (N-methyl/N-ethyl adjacent to an activating group) is 1. The Kier molecular flexibility index (Phi) is 12.4. The summed E-state index contributed by atoms with van der Waals surface area (Å²) in [5, 5.41) is 11.5. The van der Waals surface area contributed by atoms with Crippen molar-refractivity contribution in [1.82, 2.24) is 15.1 Å². The van der Waals surface area contributed by atoms with Gasteiger partial charge < -0.3 is 29.7 Å². The zero-order valence-corrected chi connectivity index (χ0v) is 15.6. The molecule has 2 N–H and O–H groups in total. The van der Waals surface area contributed by atoms with Gasteiger partial charge in [-0.3, -0.25) is 4.79 Å². The standard InChI is InChI=1S/C16H31N3O6/c1-13(20)19(10-9-18(2)3)8-6-5-7-14(15(21)22)17-16(23)25-12-11-24-4/h14H,5-12H2,1-4H3,(H,17,23)(H,21,22)/t14-/m0/s1. The third kappa shape index (κ3) is 12.2. The first-order chi connectivity index (χ1) is 11.8. The monoisotopic (exact) mass is 361 g/mol. The van der Waals surface area contributed by atoms with Crippen LogP contribution in [0.4, 0.5) is 4.79 Å². The van der Waals surface area contributed by atoms with Crippen molar-refractivity contribution in [2.75, 3.05) is 54.1 Å². The Labute approximate surface area is 149 Å². The van der Waals surface area contributed by atoms with Crippen LogP contribution >= 0.6 is 0 Å².